The van der Waals surface area contributed by atoms with E-state index in [1.165, 1.54) is 31.2 Å². The first-order valence-corrected chi connectivity index (χ1v) is 6.87. The molecule has 1 aliphatic rings. The van der Waals surface area contributed by atoms with Crippen molar-refractivity contribution in [1.29, 1.82) is 0 Å². The van der Waals surface area contributed by atoms with Gasteiger partial charge in [-0.05, 0) is 65.7 Å². The van der Waals surface area contributed by atoms with Gasteiger partial charge in [0, 0.05) is 0 Å². The minimum Gasteiger partial charge on any atom is -0.489 e. The first-order valence-electron chi connectivity index (χ1n) is 6.08. The molecule has 0 aliphatic heterocycles. The summed E-state index contributed by atoms with van der Waals surface area (Å²) in [6.45, 7) is 4.41. The average Bonchev–Trinajstić information content (AvgIpc) is 2.22. The zero-order valence-corrected chi connectivity index (χ0v) is 11.6. The van der Waals surface area contributed by atoms with Gasteiger partial charge in [0.15, 0.2) is 0 Å². The van der Waals surface area contributed by atoms with Gasteiger partial charge in [0.1, 0.15) is 5.75 Å². The normalized spacial score (nSPS) is 25.4. The Morgan fingerprint density at radius 3 is 2.81 bits per heavy atom. The average molecular weight is 283 g/mol. The largest absolute Gasteiger partial charge is 0.489 e. The van der Waals surface area contributed by atoms with Crippen LogP contribution in [-0.2, 0) is 0 Å². The molecule has 0 aromatic heterocycles. The Bertz CT molecular complexity index is 362. The Balaban J connectivity index is 2.02. The summed E-state index contributed by atoms with van der Waals surface area (Å²) in [6.07, 6.45) is 5.46. The summed E-state index contributed by atoms with van der Waals surface area (Å²) >= 11 is 3.56. The van der Waals surface area contributed by atoms with E-state index in [2.05, 4.69) is 48.0 Å². The summed E-state index contributed by atoms with van der Waals surface area (Å²) in [5, 5.41) is 0. The topological polar surface area (TPSA) is 9.23 Å². The molecular formula is C14H19BrO. The maximum atomic E-state index is 6.06. The highest BCUT2D eigenvalue weighted by molar-refractivity contribution is 9.10. The molecule has 0 bridgehead atoms. The molecular weight excluding hydrogens is 264 g/mol. The molecule has 0 radical (unpaired) electrons. The minimum absolute atomic E-state index is 0.405. The second-order valence-corrected chi connectivity index (χ2v) is 5.80. The van der Waals surface area contributed by atoms with Crippen LogP contribution < -0.4 is 4.74 Å². The van der Waals surface area contributed by atoms with Gasteiger partial charge in [0.25, 0.3) is 0 Å². The molecule has 1 nitrogen and oxygen atoms in total. The van der Waals surface area contributed by atoms with E-state index in [1.807, 2.05) is 0 Å². The maximum absolute atomic E-state index is 6.06. The molecule has 0 amide bonds. The van der Waals surface area contributed by atoms with E-state index in [9.17, 15) is 0 Å². The highest BCUT2D eigenvalue weighted by Crippen LogP contribution is 2.31. The molecule has 0 N–H and O–H groups in total. The van der Waals surface area contributed by atoms with Crippen molar-refractivity contribution in [3.05, 3.63) is 28.2 Å². The van der Waals surface area contributed by atoms with Gasteiger partial charge in [0.2, 0.25) is 0 Å². The summed E-state index contributed by atoms with van der Waals surface area (Å²) in [4.78, 5) is 0. The number of hydrogen-bond acceptors (Lipinski definition) is 1. The standard InChI is InChI=1S/C14H19BrO/c1-10-4-3-5-12(8-10)16-14-7-6-11(2)9-13(14)15/h6-7,9-10,12H,3-5,8H2,1-2H3. The van der Waals surface area contributed by atoms with Crippen LogP contribution in [0.15, 0.2) is 22.7 Å². The van der Waals surface area contributed by atoms with E-state index >= 15 is 0 Å². The molecule has 1 saturated carbocycles. The van der Waals surface area contributed by atoms with E-state index in [0.717, 1.165) is 16.1 Å². The Kier molecular flexibility index (Phi) is 3.91. The van der Waals surface area contributed by atoms with Crippen LogP contribution in [0.3, 0.4) is 0 Å². The Labute approximate surface area is 106 Å². The molecule has 2 rings (SSSR count). The quantitative estimate of drug-likeness (QED) is 0.763. The predicted molar refractivity (Wildman–Crippen MR) is 70.9 cm³/mol. The monoisotopic (exact) mass is 282 g/mol. The van der Waals surface area contributed by atoms with Crippen LogP contribution in [0, 0.1) is 12.8 Å². The summed E-state index contributed by atoms with van der Waals surface area (Å²) in [5.74, 6) is 1.80. The smallest absolute Gasteiger partial charge is 0.133 e. The van der Waals surface area contributed by atoms with E-state index in [0.29, 0.717) is 6.10 Å². The van der Waals surface area contributed by atoms with Crippen molar-refractivity contribution in [1.82, 2.24) is 0 Å². The SMILES string of the molecule is Cc1ccc(OC2CCCC(C)C2)c(Br)c1. The van der Waals surface area contributed by atoms with Crippen LogP contribution in [0.4, 0.5) is 0 Å². The molecule has 1 aliphatic carbocycles. The molecule has 0 spiro atoms. The number of hydrogen-bond donors (Lipinski definition) is 0. The zero-order chi connectivity index (χ0) is 11.5. The summed E-state index contributed by atoms with van der Waals surface area (Å²) in [6, 6.07) is 6.28. The molecule has 1 fully saturated rings. The minimum atomic E-state index is 0.405. The Morgan fingerprint density at radius 2 is 2.12 bits per heavy atom. The fourth-order valence-corrected chi connectivity index (χ4v) is 2.95. The van der Waals surface area contributed by atoms with Gasteiger partial charge in [-0.3, -0.25) is 0 Å². The zero-order valence-electron chi connectivity index (χ0n) is 10.0. The lowest BCUT2D eigenvalue weighted by Gasteiger charge is -2.27. The van der Waals surface area contributed by atoms with Crippen molar-refractivity contribution in [2.24, 2.45) is 5.92 Å². The fraction of sp³-hybridized carbons (Fsp3) is 0.571. The molecule has 2 heteroatoms. The predicted octanol–water partition coefficient (Wildman–Crippen LogP) is 4.72. The lowest BCUT2D eigenvalue weighted by atomic mass is 9.89. The van der Waals surface area contributed by atoms with E-state index in [1.54, 1.807) is 0 Å². The number of benzene rings is 1. The molecule has 16 heavy (non-hydrogen) atoms. The number of aryl methyl sites for hydroxylation is 1. The van der Waals surface area contributed by atoms with Gasteiger partial charge in [-0.15, -0.1) is 0 Å². The third-order valence-corrected chi connectivity index (χ3v) is 3.89. The molecule has 0 heterocycles. The highest BCUT2D eigenvalue weighted by atomic mass is 79.9. The number of halogens is 1. The molecule has 1 aromatic rings. The highest BCUT2D eigenvalue weighted by Gasteiger charge is 2.20. The first-order chi connectivity index (χ1) is 7.65. The first kappa shape index (κ1) is 12.0. The van der Waals surface area contributed by atoms with Crippen molar-refractivity contribution in [2.45, 2.75) is 45.6 Å². The maximum Gasteiger partial charge on any atom is 0.133 e. The van der Waals surface area contributed by atoms with Crippen molar-refractivity contribution in [3.8, 4) is 5.75 Å². The van der Waals surface area contributed by atoms with Crippen LogP contribution in [-0.4, -0.2) is 6.10 Å². The van der Waals surface area contributed by atoms with Crippen LogP contribution in [0.25, 0.3) is 0 Å². The molecule has 88 valence electrons. The third kappa shape index (κ3) is 3.00. The van der Waals surface area contributed by atoms with Gasteiger partial charge in [-0.1, -0.05) is 19.4 Å². The lowest BCUT2D eigenvalue weighted by molar-refractivity contribution is 0.128. The van der Waals surface area contributed by atoms with Gasteiger partial charge in [-0.2, -0.15) is 0 Å². The van der Waals surface area contributed by atoms with Gasteiger partial charge >= 0.3 is 0 Å². The van der Waals surface area contributed by atoms with E-state index < -0.39 is 0 Å². The summed E-state index contributed by atoms with van der Waals surface area (Å²) in [5.41, 5.74) is 1.26. The molecule has 1 aromatic carbocycles. The van der Waals surface area contributed by atoms with Crippen molar-refractivity contribution in [3.63, 3.8) is 0 Å². The van der Waals surface area contributed by atoms with Crippen LogP contribution in [0.1, 0.15) is 38.2 Å². The van der Waals surface area contributed by atoms with Crippen molar-refractivity contribution in [2.75, 3.05) is 0 Å². The number of rotatable bonds is 2. The van der Waals surface area contributed by atoms with Gasteiger partial charge < -0.3 is 4.74 Å². The van der Waals surface area contributed by atoms with Crippen LogP contribution >= 0.6 is 15.9 Å². The molecule has 0 saturated heterocycles. The van der Waals surface area contributed by atoms with Crippen molar-refractivity contribution >= 4 is 15.9 Å². The van der Waals surface area contributed by atoms with E-state index in [4.69, 9.17) is 4.74 Å². The van der Waals surface area contributed by atoms with Crippen LogP contribution in [0.2, 0.25) is 0 Å². The van der Waals surface area contributed by atoms with Gasteiger partial charge in [-0.25, -0.2) is 0 Å². The summed E-state index contributed by atoms with van der Waals surface area (Å²) < 4.78 is 7.14. The van der Waals surface area contributed by atoms with Crippen molar-refractivity contribution < 1.29 is 4.74 Å². The Morgan fingerprint density at radius 1 is 1.31 bits per heavy atom. The molecule has 2 atom stereocenters. The Hall–Kier alpha value is -0.500. The second kappa shape index (κ2) is 5.22. The lowest BCUT2D eigenvalue weighted by Crippen LogP contribution is -2.24. The summed E-state index contributed by atoms with van der Waals surface area (Å²) in [7, 11) is 0. The third-order valence-electron chi connectivity index (χ3n) is 3.27. The van der Waals surface area contributed by atoms with Crippen LogP contribution in [0.5, 0.6) is 5.75 Å². The van der Waals surface area contributed by atoms with Gasteiger partial charge in [0.05, 0.1) is 10.6 Å². The molecule has 2 unspecified atom stereocenters. The second-order valence-electron chi connectivity index (χ2n) is 4.95. The number of ether oxygens (including phenoxy) is 1. The van der Waals surface area contributed by atoms with E-state index in [-0.39, 0.29) is 0 Å². The fourth-order valence-electron chi connectivity index (χ4n) is 2.37.